The number of nitrogens with zero attached hydrogens (tertiary/aromatic N) is 4. The third-order valence-electron chi connectivity index (χ3n) is 5.97. The van der Waals surface area contributed by atoms with E-state index in [1.54, 1.807) is 6.21 Å². The normalized spacial score (nSPS) is 11.3. The number of carbonyl (C=O) groups is 1. The van der Waals surface area contributed by atoms with Crippen LogP contribution in [-0.2, 0) is 4.79 Å². The number of benzene rings is 3. The minimum atomic E-state index is -0.177. The van der Waals surface area contributed by atoms with Crippen molar-refractivity contribution in [3.8, 4) is 16.9 Å². The average Bonchev–Trinajstić information content (AvgIpc) is 3.33. The lowest BCUT2D eigenvalue weighted by atomic mass is 10.1. The molecule has 0 spiro atoms. The van der Waals surface area contributed by atoms with Gasteiger partial charge in [0.05, 0.1) is 23.2 Å². The van der Waals surface area contributed by atoms with Gasteiger partial charge in [-0.15, -0.1) is 11.8 Å². The highest BCUT2D eigenvalue weighted by Gasteiger charge is 2.12. The van der Waals surface area contributed by atoms with Crippen LogP contribution in [0.15, 0.2) is 95.1 Å². The number of pyridine rings is 1. The average molecular weight is 506 g/mol. The molecule has 37 heavy (non-hydrogen) atoms. The number of rotatable bonds is 7. The highest BCUT2D eigenvalue weighted by Crippen LogP contribution is 2.29. The van der Waals surface area contributed by atoms with Crippen LogP contribution in [0.1, 0.15) is 22.4 Å². The van der Waals surface area contributed by atoms with Gasteiger partial charge in [0.1, 0.15) is 5.69 Å². The molecule has 0 bridgehead atoms. The lowest BCUT2D eigenvalue weighted by molar-refractivity contribution is -0.118. The van der Waals surface area contributed by atoms with E-state index in [9.17, 15) is 4.79 Å². The Hall–Kier alpha value is -4.23. The Balaban J connectivity index is 1.32. The first-order valence-corrected chi connectivity index (χ1v) is 13.0. The fraction of sp³-hybridized carbons (Fsp3) is 0.133. The van der Waals surface area contributed by atoms with Crippen LogP contribution in [-0.4, -0.2) is 32.6 Å². The molecule has 0 atom stereocenters. The summed E-state index contributed by atoms with van der Waals surface area (Å²) in [5, 5.41) is 10.1. The zero-order chi connectivity index (χ0) is 25.8. The number of hydrogen-bond acceptors (Lipinski definition) is 5. The van der Waals surface area contributed by atoms with Crippen LogP contribution in [0.3, 0.4) is 0 Å². The number of hydrogen-bond donors (Lipinski definition) is 1. The zero-order valence-electron chi connectivity index (χ0n) is 21.0. The van der Waals surface area contributed by atoms with E-state index in [0.717, 1.165) is 49.6 Å². The summed E-state index contributed by atoms with van der Waals surface area (Å²) in [4.78, 5) is 18.3. The van der Waals surface area contributed by atoms with Gasteiger partial charge in [-0.2, -0.15) is 10.2 Å². The number of amides is 1. The fourth-order valence-corrected chi connectivity index (χ4v) is 5.01. The molecule has 0 radical (unpaired) electrons. The van der Waals surface area contributed by atoms with Crippen LogP contribution >= 0.6 is 11.8 Å². The molecule has 184 valence electrons. The molecular weight excluding hydrogens is 478 g/mol. The molecule has 0 saturated heterocycles. The maximum atomic E-state index is 12.6. The Bertz CT molecular complexity index is 1590. The molecule has 6 nitrogen and oxygen atoms in total. The van der Waals surface area contributed by atoms with Gasteiger partial charge in [-0.3, -0.25) is 9.78 Å². The van der Waals surface area contributed by atoms with Crippen LogP contribution in [0.25, 0.3) is 27.8 Å². The minimum absolute atomic E-state index is 0.177. The SMILES string of the molecule is Cc1ccc(-c2nn(-c3ccccc3)cc2C=NNC(=O)CSc2cc(C)nc3c(C)cccc23)cc1. The second-order valence-electron chi connectivity index (χ2n) is 8.89. The van der Waals surface area contributed by atoms with E-state index >= 15 is 0 Å². The Labute approximate surface area is 220 Å². The van der Waals surface area contributed by atoms with Gasteiger partial charge in [0.25, 0.3) is 0 Å². The van der Waals surface area contributed by atoms with Crippen LogP contribution in [0.5, 0.6) is 0 Å². The molecule has 0 unspecified atom stereocenters. The summed E-state index contributed by atoms with van der Waals surface area (Å²) in [6.45, 7) is 6.08. The monoisotopic (exact) mass is 505 g/mol. The van der Waals surface area contributed by atoms with Gasteiger partial charge in [0.2, 0.25) is 5.91 Å². The largest absolute Gasteiger partial charge is 0.272 e. The number of thioether (sulfide) groups is 1. The molecule has 1 amide bonds. The maximum Gasteiger partial charge on any atom is 0.250 e. The predicted octanol–water partition coefficient (Wildman–Crippen LogP) is 6.26. The first-order valence-electron chi connectivity index (χ1n) is 12.0. The highest BCUT2D eigenvalue weighted by molar-refractivity contribution is 8.00. The topological polar surface area (TPSA) is 72.2 Å². The summed E-state index contributed by atoms with van der Waals surface area (Å²) in [6, 6.07) is 26.3. The van der Waals surface area contributed by atoms with E-state index in [4.69, 9.17) is 5.10 Å². The lowest BCUT2D eigenvalue weighted by Gasteiger charge is -2.09. The van der Waals surface area contributed by atoms with Gasteiger partial charge in [-0.1, -0.05) is 66.2 Å². The van der Waals surface area contributed by atoms with E-state index in [1.807, 2.05) is 78.5 Å². The second-order valence-corrected chi connectivity index (χ2v) is 9.91. The molecule has 2 heterocycles. The molecule has 1 N–H and O–H groups in total. The van der Waals surface area contributed by atoms with Gasteiger partial charge in [0, 0.05) is 33.3 Å². The van der Waals surface area contributed by atoms with Crippen LogP contribution < -0.4 is 5.43 Å². The smallest absolute Gasteiger partial charge is 0.250 e. The Morgan fingerprint density at radius 3 is 2.57 bits per heavy atom. The van der Waals surface area contributed by atoms with Crippen molar-refractivity contribution in [3.05, 3.63) is 107 Å². The number of aryl methyl sites for hydroxylation is 3. The molecule has 5 aromatic rings. The Kier molecular flexibility index (Phi) is 7.14. The van der Waals surface area contributed by atoms with E-state index in [1.165, 1.54) is 17.3 Å². The third-order valence-corrected chi connectivity index (χ3v) is 7.03. The number of carbonyl (C=O) groups excluding carboxylic acids is 1. The summed E-state index contributed by atoms with van der Waals surface area (Å²) in [6.07, 6.45) is 3.57. The third kappa shape index (κ3) is 5.62. The lowest BCUT2D eigenvalue weighted by Crippen LogP contribution is -2.19. The van der Waals surface area contributed by atoms with Crippen molar-refractivity contribution in [3.63, 3.8) is 0 Å². The maximum absolute atomic E-state index is 12.6. The molecule has 0 aliphatic heterocycles. The van der Waals surface area contributed by atoms with E-state index in [0.29, 0.717) is 0 Å². The Morgan fingerprint density at radius 1 is 1.00 bits per heavy atom. The number of para-hydroxylation sites is 2. The molecule has 0 aliphatic carbocycles. The summed E-state index contributed by atoms with van der Waals surface area (Å²) >= 11 is 1.49. The van der Waals surface area contributed by atoms with E-state index in [-0.39, 0.29) is 11.7 Å². The summed E-state index contributed by atoms with van der Waals surface area (Å²) < 4.78 is 1.83. The molecule has 7 heteroatoms. The number of nitrogens with one attached hydrogen (secondary N) is 1. The predicted molar refractivity (Wildman–Crippen MR) is 151 cm³/mol. The van der Waals surface area contributed by atoms with Gasteiger partial charge >= 0.3 is 0 Å². The fourth-order valence-electron chi connectivity index (χ4n) is 4.08. The Morgan fingerprint density at radius 2 is 1.78 bits per heavy atom. The number of fused-ring (bicyclic) bond motifs is 1. The summed E-state index contributed by atoms with van der Waals surface area (Å²) in [7, 11) is 0. The van der Waals surface area contributed by atoms with Crippen molar-refractivity contribution in [2.24, 2.45) is 5.10 Å². The minimum Gasteiger partial charge on any atom is -0.272 e. The van der Waals surface area contributed by atoms with Crippen molar-refractivity contribution >= 4 is 34.8 Å². The molecule has 0 saturated carbocycles. The summed E-state index contributed by atoms with van der Waals surface area (Å²) in [5.74, 6) is 0.0710. The van der Waals surface area contributed by atoms with E-state index in [2.05, 4.69) is 47.6 Å². The van der Waals surface area contributed by atoms with Crippen LogP contribution in [0, 0.1) is 20.8 Å². The first kappa shape index (κ1) is 24.5. The molecule has 3 aromatic carbocycles. The van der Waals surface area contributed by atoms with Crippen LogP contribution in [0.2, 0.25) is 0 Å². The van der Waals surface area contributed by atoms with Crippen molar-refractivity contribution in [1.82, 2.24) is 20.2 Å². The van der Waals surface area contributed by atoms with Crippen LogP contribution in [0.4, 0.5) is 0 Å². The van der Waals surface area contributed by atoms with Gasteiger partial charge in [-0.25, -0.2) is 10.1 Å². The van der Waals surface area contributed by atoms with Crippen molar-refractivity contribution in [2.45, 2.75) is 25.7 Å². The second kappa shape index (κ2) is 10.8. The van der Waals surface area contributed by atoms with Gasteiger partial charge < -0.3 is 0 Å². The summed E-state index contributed by atoms with van der Waals surface area (Å²) in [5.41, 5.74) is 10.4. The molecule has 5 rings (SSSR count). The highest BCUT2D eigenvalue weighted by atomic mass is 32.2. The molecule has 0 fully saturated rings. The van der Waals surface area contributed by atoms with Crippen molar-refractivity contribution in [2.75, 3.05) is 5.75 Å². The molecule has 2 aromatic heterocycles. The zero-order valence-corrected chi connectivity index (χ0v) is 21.8. The number of aromatic nitrogens is 3. The standard InChI is InChI=1S/C30H27N5OS/c1-20-12-14-23(15-13-20)30-24(18-35(34-30)25-9-5-4-6-10-25)17-31-33-28(36)19-37-27-16-22(3)32-29-21(2)8-7-11-26(27)29/h4-18H,19H2,1-3H3,(H,33,36). The molecule has 0 aliphatic rings. The van der Waals surface area contributed by atoms with Gasteiger partial charge in [0.15, 0.2) is 0 Å². The van der Waals surface area contributed by atoms with Gasteiger partial charge in [-0.05, 0) is 44.5 Å². The van der Waals surface area contributed by atoms with Crippen molar-refractivity contribution in [1.29, 1.82) is 0 Å². The first-order chi connectivity index (χ1) is 18.0. The number of hydrazone groups is 1. The van der Waals surface area contributed by atoms with E-state index < -0.39 is 0 Å². The van der Waals surface area contributed by atoms with Crippen molar-refractivity contribution < 1.29 is 4.79 Å². The molecular formula is C30H27N5OS. The quantitative estimate of drug-likeness (QED) is 0.161.